The number of nitrogen functional groups attached to an aromatic ring is 2. The Kier molecular flexibility index (Phi) is 5.12. The first-order chi connectivity index (χ1) is 17.0. The largest absolute Gasteiger partial charge is 0.481 e. The van der Waals surface area contributed by atoms with E-state index in [1.54, 1.807) is 0 Å². The summed E-state index contributed by atoms with van der Waals surface area (Å²) in [5.74, 6) is -5.29. The number of halogens is 4. The second-order valence-electron chi connectivity index (χ2n) is 8.26. The van der Waals surface area contributed by atoms with Crippen molar-refractivity contribution in [2.24, 2.45) is 5.92 Å². The molecule has 2 atom stereocenters. The zero-order valence-electron chi connectivity index (χ0n) is 18.2. The molecular weight excluding hydrogens is 480 g/mol. The number of aliphatic carboxylic acids is 1. The van der Waals surface area contributed by atoms with Gasteiger partial charge in [0.2, 0.25) is 11.9 Å². The molecule has 5 N–H and O–H groups in total. The Labute approximate surface area is 200 Å². The summed E-state index contributed by atoms with van der Waals surface area (Å²) in [4.78, 5) is 27.7. The number of benzene rings is 2. The fourth-order valence-electron chi connectivity index (χ4n) is 4.45. The number of allylic oxidation sites excluding steroid dienone is 3. The number of carbonyl (C=O) groups is 1. The molecule has 0 spiro atoms. The monoisotopic (exact) mass is 496 g/mol. The lowest BCUT2D eigenvalue weighted by Crippen LogP contribution is -2.50. The molecule has 5 rings (SSSR count). The van der Waals surface area contributed by atoms with Crippen LogP contribution in [0.25, 0.3) is 27.4 Å². The van der Waals surface area contributed by atoms with Gasteiger partial charge < -0.3 is 16.6 Å². The first kappa shape index (κ1) is 23.1. The molecule has 2 aromatic carbocycles. The number of rotatable bonds is 3. The van der Waals surface area contributed by atoms with E-state index in [0.29, 0.717) is 23.1 Å². The van der Waals surface area contributed by atoms with Crippen molar-refractivity contribution in [1.29, 1.82) is 0 Å². The quantitative estimate of drug-likeness (QED) is 0.359. The Bertz CT molecular complexity index is 1620. The summed E-state index contributed by atoms with van der Waals surface area (Å²) >= 11 is 0. The molecule has 2 heterocycles. The van der Waals surface area contributed by atoms with Crippen molar-refractivity contribution in [3.05, 3.63) is 77.9 Å². The number of hydrogen-bond donors (Lipinski definition) is 3. The Hall–Kier alpha value is -4.61. The van der Waals surface area contributed by atoms with Gasteiger partial charge in [0.1, 0.15) is 11.2 Å². The topological polar surface area (TPSA) is 141 Å². The number of alkyl halides is 3. The number of fused-ring (bicyclic) bond motifs is 2. The molecule has 0 fully saturated rings. The highest BCUT2D eigenvalue weighted by atomic mass is 19.4. The van der Waals surface area contributed by atoms with Crippen LogP contribution >= 0.6 is 0 Å². The summed E-state index contributed by atoms with van der Waals surface area (Å²) in [5, 5.41) is 10.4. The molecule has 2 aromatic heterocycles. The van der Waals surface area contributed by atoms with Crippen molar-refractivity contribution in [2.75, 3.05) is 11.5 Å². The predicted octanol–water partition coefficient (Wildman–Crippen LogP) is 4.19. The molecule has 0 radical (unpaired) electrons. The van der Waals surface area contributed by atoms with Crippen LogP contribution < -0.4 is 11.5 Å². The third-order valence-corrected chi connectivity index (χ3v) is 6.15. The van der Waals surface area contributed by atoms with E-state index in [1.807, 2.05) is 0 Å². The normalized spacial score (nSPS) is 20.3. The van der Waals surface area contributed by atoms with E-state index in [2.05, 4.69) is 19.9 Å². The van der Waals surface area contributed by atoms with Crippen LogP contribution in [0.5, 0.6) is 0 Å². The molecule has 4 aromatic rings. The van der Waals surface area contributed by atoms with Crippen LogP contribution in [0.3, 0.4) is 0 Å². The number of anilines is 2. The summed E-state index contributed by atoms with van der Waals surface area (Å²) in [6.45, 7) is 0. The fraction of sp³-hybridized carbons (Fsp3) is 0.125. The van der Waals surface area contributed by atoms with Gasteiger partial charge in [-0.15, -0.1) is 0 Å². The standard InChI is InChI=1S/C24H16F4N6O2/c25-17-7-16(20(35)36)23(24(26,27)28,14-2-4-19-13(6-14)10-32-22(30)34-19)8-15(17)11-1-3-18-12(5-11)9-31-21(29)33-18/h1-10,16H,(H,35,36)(H2,29,31,33)(H2,30,32,34). The molecule has 1 aliphatic carbocycles. The summed E-state index contributed by atoms with van der Waals surface area (Å²) in [6, 6.07) is 7.80. The summed E-state index contributed by atoms with van der Waals surface area (Å²) in [5.41, 5.74) is 7.94. The van der Waals surface area contributed by atoms with Crippen molar-refractivity contribution in [3.63, 3.8) is 0 Å². The molecule has 0 bridgehead atoms. The molecule has 2 unspecified atom stereocenters. The fourth-order valence-corrected chi connectivity index (χ4v) is 4.45. The minimum absolute atomic E-state index is 0.000590. The molecule has 36 heavy (non-hydrogen) atoms. The lowest BCUT2D eigenvalue weighted by atomic mass is 9.65. The Morgan fingerprint density at radius 2 is 1.53 bits per heavy atom. The lowest BCUT2D eigenvalue weighted by Gasteiger charge is -2.40. The van der Waals surface area contributed by atoms with Crippen molar-refractivity contribution >= 4 is 45.2 Å². The van der Waals surface area contributed by atoms with E-state index in [4.69, 9.17) is 11.5 Å². The van der Waals surface area contributed by atoms with Gasteiger partial charge in [-0.05, 0) is 41.5 Å². The highest BCUT2D eigenvalue weighted by Gasteiger charge is 2.62. The second kappa shape index (κ2) is 7.97. The van der Waals surface area contributed by atoms with Crippen molar-refractivity contribution in [3.8, 4) is 0 Å². The zero-order valence-corrected chi connectivity index (χ0v) is 18.2. The average Bonchev–Trinajstić information content (AvgIpc) is 2.82. The molecule has 1 aliphatic rings. The van der Waals surface area contributed by atoms with Crippen LogP contribution in [0.1, 0.15) is 11.1 Å². The van der Waals surface area contributed by atoms with Gasteiger partial charge in [-0.1, -0.05) is 18.2 Å². The van der Waals surface area contributed by atoms with Gasteiger partial charge in [-0.3, -0.25) is 4.79 Å². The molecule has 0 saturated carbocycles. The zero-order chi connectivity index (χ0) is 25.8. The number of aromatic nitrogens is 4. The van der Waals surface area contributed by atoms with E-state index in [1.165, 1.54) is 36.7 Å². The minimum Gasteiger partial charge on any atom is -0.481 e. The third kappa shape index (κ3) is 3.58. The number of nitrogens with zero attached hydrogens (tertiary/aromatic N) is 4. The second-order valence-corrected chi connectivity index (χ2v) is 8.26. The van der Waals surface area contributed by atoms with Gasteiger partial charge in [-0.2, -0.15) is 13.2 Å². The van der Waals surface area contributed by atoms with E-state index in [9.17, 15) is 23.1 Å². The summed E-state index contributed by atoms with van der Waals surface area (Å²) < 4.78 is 60.0. The van der Waals surface area contributed by atoms with Gasteiger partial charge >= 0.3 is 12.1 Å². The third-order valence-electron chi connectivity index (χ3n) is 6.15. The molecule has 8 nitrogen and oxygen atoms in total. The SMILES string of the molecule is Nc1ncc2cc(C3=CC(c4ccc5nc(N)ncc5c4)(C(F)(F)F)C(C(=O)O)C=C3F)ccc2n1. The van der Waals surface area contributed by atoms with Crippen LogP contribution in [0.2, 0.25) is 0 Å². The molecule has 0 aliphatic heterocycles. The van der Waals surface area contributed by atoms with E-state index in [-0.39, 0.29) is 28.4 Å². The molecule has 182 valence electrons. The number of carboxylic acid groups (broad SMARTS) is 1. The van der Waals surface area contributed by atoms with Crippen LogP contribution in [0.4, 0.5) is 29.5 Å². The van der Waals surface area contributed by atoms with Gasteiger partial charge in [-0.25, -0.2) is 24.3 Å². The highest BCUT2D eigenvalue weighted by molar-refractivity contribution is 5.90. The Morgan fingerprint density at radius 1 is 0.944 bits per heavy atom. The summed E-state index contributed by atoms with van der Waals surface area (Å²) in [7, 11) is 0. The first-order valence-corrected chi connectivity index (χ1v) is 10.4. The maximum absolute atomic E-state index is 15.2. The first-order valence-electron chi connectivity index (χ1n) is 10.4. The summed E-state index contributed by atoms with van der Waals surface area (Å²) in [6.07, 6.45) is -1.42. The maximum atomic E-state index is 15.2. The smallest absolute Gasteiger partial charge is 0.402 e. The van der Waals surface area contributed by atoms with Crippen molar-refractivity contribution in [2.45, 2.75) is 11.6 Å². The van der Waals surface area contributed by atoms with E-state index in [0.717, 1.165) is 12.1 Å². The van der Waals surface area contributed by atoms with Crippen LogP contribution in [-0.4, -0.2) is 37.2 Å². The lowest BCUT2D eigenvalue weighted by molar-refractivity contribution is -0.193. The van der Waals surface area contributed by atoms with Gasteiger partial charge in [0.05, 0.1) is 17.0 Å². The number of carboxylic acids is 1. The van der Waals surface area contributed by atoms with Crippen LogP contribution in [-0.2, 0) is 10.2 Å². The van der Waals surface area contributed by atoms with Crippen LogP contribution in [0, 0.1) is 5.92 Å². The predicted molar refractivity (Wildman–Crippen MR) is 124 cm³/mol. The molecule has 0 saturated heterocycles. The highest BCUT2D eigenvalue weighted by Crippen LogP contribution is 2.54. The van der Waals surface area contributed by atoms with Gasteiger partial charge in [0, 0.05) is 28.7 Å². The van der Waals surface area contributed by atoms with Crippen LogP contribution in [0.15, 0.2) is 66.8 Å². The van der Waals surface area contributed by atoms with E-state index < -0.39 is 40.4 Å². The van der Waals surface area contributed by atoms with Gasteiger partial charge in [0.15, 0.2) is 0 Å². The van der Waals surface area contributed by atoms with Crippen molar-refractivity contribution in [1.82, 2.24) is 19.9 Å². The Morgan fingerprint density at radius 3 is 2.11 bits per heavy atom. The molecular formula is C24H16F4N6O2. The molecule has 12 heteroatoms. The average molecular weight is 496 g/mol. The van der Waals surface area contributed by atoms with Crippen molar-refractivity contribution < 1.29 is 27.5 Å². The number of hydrogen-bond acceptors (Lipinski definition) is 7. The molecule has 0 amide bonds. The minimum atomic E-state index is -5.13. The van der Waals surface area contributed by atoms with Gasteiger partial charge in [0.25, 0.3) is 0 Å². The number of nitrogens with two attached hydrogens (primary N) is 2. The van der Waals surface area contributed by atoms with E-state index >= 15 is 4.39 Å². The Balaban J connectivity index is 1.79. The maximum Gasteiger partial charge on any atom is 0.402 e.